The molecule has 0 saturated carbocycles. The Morgan fingerprint density at radius 3 is 2.60 bits per heavy atom. The summed E-state index contributed by atoms with van der Waals surface area (Å²) in [5.41, 5.74) is 2.15. The van der Waals surface area contributed by atoms with Gasteiger partial charge in [-0.25, -0.2) is 14.5 Å². The van der Waals surface area contributed by atoms with Gasteiger partial charge in [0, 0.05) is 6.20 Å². The first-order valence-electron chi connectivity index (χ1n) is 6.64. The predicted octanol–water partition coefficient (Wildman–Crippen LogP) is 1.36. The number of carbonyl (C=O) groups excluding carboxylic acids is 1. The quantitative estimate of drug-likeness (QED) is 0.766. The highest BCUT2D eigenvalue weighted by Crippen LogP contribution is 2.08. The third kappa shape index (κ3) is 2.81. The Kier molecular flexibility index (Phi) is 4.39. The summed E-state index contributed by atoms with van der Waals surface area (Å²) in [6.45, 7) is 6.11. The summed E-state index contributed by atoms with van der Waals surface area (Å²) in [5.74, 6) is -0.0535. The molecule has 0 radical (unpaired) electrons. The van der Waals surface area contributed by atoms with E-state index in [0.717, 1.165) is 24.2 Å². The highest BCUT2D eigenvalue weighted by Gasteiger charge is 2.13. The van der Waals surface area contributed by atoms with Crippen LogP contribution in [0.5, 0.6) is 0 Å². The van der Waals surface area contributed by atoms with Crippen molar-refractivity contribution >= 4 is 5.97 Å². The Hall–Kier alpha value is -2.31. The minimum atomic E-state index is -0.410. The van der Waals surface area contributed by atoms with E-state index in [1.165, 1.54) is 10.9 Å². The van der Waals surface area contributed by atoms with Gasteiger partial charge in [0.2, 0.25) is 0 Å². The minimum absolute atomic E-state index is 0.327. The second-order valence-electron chi connectivity index (χ2n) is 4.11. The average molecular weight is 275 g/mol. The maximum atomic E-state index is 11.6. The van der Waals surface area contributed by atoms with Gasteiger partial charge < -0.3 is 4.74 Å². The van der Waals surface area contributed by atoms with Crippen molar-refractivity contribution < 1.29 is 9.53 Å². The molecule has 0 amide bonds. The fourth-order valence-corrected chi connectivity index (χ4v) is 1.78. The fraction of sp³-hybridized carbons (Fsp3) is 0.462. The molecule has 0 unspecified atom stereocenters. The molecule has 0 aromatic carbocycles. The second-order valence-corrected chi connectivity index (χ2v) is 4.11. The zero-order chi connectivity index (χ0) is 14.5. The van der Waals surface area contributed by atoms with Gasteiger partial charge in [0.15, 0.2) is 0 Å². The summed E-state index contributed by atoms with van der Waals surface area (Å²) in [6, 6.07) is 0. The van der Waals surface area contributed by atoms with Gasteiger partial charge in [-0.1, -0.05) is 13.8 Å². The first-order valence-corrected chi connectivity index (χ1v) is 6.64. The third-order valence-corrected chi connectivity index (χ3v) is 2.80. The molecular weight excluding hydrogens is 258 g/mol. The van der Waals surface area contributed by atoms with Crippen LogP contribution in [0.15, 0.2) is 12.4 Å². The Balaban J connectivity index is 2.30. The van der Waals surface area contributed by atoms with Gasteiger partial charge in [0.25, 0.3) is 5.95 Å². The van der Waals surface area contributed by atoms with Crippen molar-refractivity contribution in [3.63, 3.8) is 0 Å². The lowest BCUT2D eigenvalue weighted by molar-refractivity contribution is 0.0526. The average Bonchev–Trinajstić information content (AvgIpc) is 2.96. The molecule has 0 atom stereocenters. The molecule has 0 aliphatic rings. The molecule has 0 N–H and O–H groups in total. The zero-order valence-electron chi connectivity index (χ0n) is 11.8. The lowest BCUT2D eigenvalue weighted by atomic mass is 10.2. The van der Waals surface area contributed by atoms with Crippen molar-refractivity contribution in [2.45, 2.75) is 33.6 Å². The Morgan fingerprint density at radius 2 is 1.95 bits per heavy atom. The lowest BCUT2D eigenvalue weighted by Crippen LogP contribution is -2.09. The van der Waals surface area contributed by atoms with Crippen LogP contribution in [0, 0.1) is 0 Å². The molecule has 0 aliphatic carbocycles. The molecule has 7 heteroatoms. The SMILES string of the molecule is CCOC(=O)c1cnn(-c2nnc(CC)c(CC)n2)c1. The van der Waals surface area contributed by atoms with Gasteiger partial charge in [-0.2, -0.15) is 5.10 Å². The maximum absolute atomic E-state index is 11.6. The number of aromatic nitrogens is 5. The predicted molar refractivity (Wildman–Crippen MR) is 71.7 cm³/mol. The zero-order valence-corrected chi connectivity index (χ0v) is 11.8. The highest BCUT2D eigenvalue weighted by atomic mass is 16.5. The van der Waals surface area contributed by atoms with E-state index in [-0.39, 0.29) is 0 Å². The van der Waals surface area contributed by atoms with Crippen LogP contribution in [-0.2, 0) is 17.6 Å². The van der Waals surface area contributed by atoms with Crippen molar-refractivity contribution in [1.29, 1.82) is 0 Å². The molecule has 0 fully saturated rings. The van der Waals surface area contributed by atoms with Crippen molar-refractivity contribution in [3.05, 3.63) is 29.3 Å². The van der Waals surface area contributed by atoms with Crippen LogP contribution in [0.4, 0.5) is 0 Å². The highest BCUT2D eigenvalue weighted by molar-refractivity contribution is 5.88. The summed E-state index contributed by atoms with van der Waals surface area (Å²) in [7, 11) is 0. The maximum Gasteiger partial charge on any atom is 0.341 e. The molecule has 2 aromatic heterocycles. The number of esters is 1. The summed E-state index contributed by atoms with van der Waals surface area (Å²) >= 11 is 0. The van der Waals surface area contributed by atoms with E-state index < -0.39 is 5.97 Å². The number of rotatable bonds is 5. The van der Waals surface area contributed by atoms with Crippen molar-refractivity contribution in [2.75, 3.05) is 6.61 Å². The smallest absolute Gasteiger partial charge is 0.341 e. The van der Waals surface area contributed by atoms with Crippen LogP contribution < -0.4 is 0 Å². The molecule has 0 saturated heterocycles. The van der Waals surface area contributed by atoms with Crippen LogP contribution >= 0.6 is 0 Å². The molecule has 0 aliphatic heterocycles. The van der Waals surface area contributed by atoms with E-state index in [1.54, 1.807) is 13.1 Å². The van der Waals surface area contributed by atoms with E-state index in [1.807, 2.05) is 13.8 Å². The van der Waals surface area contributed by atoms with Gasteiger partial charge in [0.1, 0.15) is 0 Å². The topological polar surface area (TPSA) is 82.8 Å². The van der Waals surface area contributed by atoms with E-state index in [9.17, 15) is 4.79 Å². The number of hydrogen-bond acceptors (Lipinski definition) is 6. The van der Waals surface area contributed by atoms with E-state index in [4.69, 9.17) is 4.74 Å². The normalized spacial score (nSPS) is 10.6. The van der Waals surface area contributed by atoms with Gasteiger partial charge >= 0.3 is 5.97 Å². The van der Waals surface area contributed by atoms with E-state index >= 15 is 0 Å². The van der Waals surface area contributed by atoms with Gasteiger partial charge in [0.05, 0.1) is 29.8 Å². The van der Waals surface area contributed by atoms with Crippen molar-refractivity contribution in [3.8, 4) is 5.95 Å². The van der Waals surface area contributed by atoms with Crippen LogP contribution in [0.3, 0.4) is 0 Å². The number of hydrogen-bond donors (Lipinski definition) is 0. The Bertz CT molecular complexity index is 609. The summed E-state index contributed by atoms with van der Waals surface area (Å²) in [5, 5.41) is 12.3. The third-order valence-electron chi connectivity index (χ3n) is 2.80. The summed E-state index contributed by atoms with van der Waals surface area (Å²) < 4.78 is 6.34. The molecule has 20 heavy (non-hydrogen) atoms. The summed E-state index contributed by atoms with van der Waals surface area (Å²) in [6.07, 6.45) is 4.54. The number of nitrogens with zero attached hydrogens (tertiary/aromatic N) is 5. The molecule has 106 valence electrons. The van der Waals surface area contributed by atoms with Gasteiger partial charge in [-0.15, -0.1) is 10.2 Å². The molecule has 0 spiro atoms. The van der Waals surface area contributed by atoms with Crippen LogP contribution in [0.25, 0.3) is 5.95 Å². The van der Waals surface area contributed by atoms with E-state index in [0.29, 0.717) is 18.1 Å². The van der Waals surface area contributed by atoms with Gasteiger partial charge in [-0.05, 0) is 19.8 Å². The Labute approximate surface area is 117 Å². The standard InChI is InChI=1S/C13H17N5O2/c1-4-10-11(5-2)16-17-13(15-10)18-8-9(7-14-18)12(19)20-6-3/h7-8H,4-6H2,1-3H3. The summed E-state index contributed by atoms with van der Waals surface area (Å²) in [4.78, 5) is 16.0. The molecular formula is C13H17N5O2. The first kappa shape index (κ1) is 14.1. The molecule has 2 rings (SSSR count). The van der Waals surface area contributed by atoms with Crippen molar-refractivity contribution in [1.82, 2.24) is 25.0 Å². The first-order chi connectivity index (χ1) is 9.69. The second kappa shape index (κ2) is 6.23. The van der Waals surface area contributed by atoms with Gasteiger partial charge in [-0.3, -0.25) is 0 Å². The monoisotopic (exact) mass is 275 g/mol. The number of carbonyl (C=O) groups is 1. The largest absolute Gasteiger partial charge is 0.462 e. The van der Waals surface area contributed by atoms with E-state index in [2.05, 4.69) is 20.3 Å². The molecule has 7 nitrogen and oxygen atoms in total. The molecule has 2 heterocycles. The van der Waals surface area contributed by atoms with Crippen LogP contribution in [-0.4, -0.2) is 37.5 Å². The van der Waals surface area contributed by atoms with Crippen LogP contribution in [0.2, 0.25) is 0 Å². The van der Waals surface area contributed by atoms with Crippen LogP contribution in [0.1, 0.15) is 42.5 Å². The lowest BCUT2D eigenvalue weighted by Gasteiger charge is -2.05. The number of ether oxygens (including phenoxy) is 1. The molecule has 0 bridgehead atoms. The number of aryl methyl sites for hydroxylation is 2. The Morgan fingerprint density at radius 1 is 1.20 bits per heavy atom. The van der Waals surface area contributed by atoms with Crippen molar-refractivity contribution in [2.24, 2.45) is 0 Å². The minimum Gasteiger partial charge on any atom is -0.462 e. The fourth-order valence-electron chi connectivity index (χ4n) is 1.78. The molecule has 2 aromatic rings.